The van der Waals surface area contributed by atoms with Gasteiger partial charge in [-0.25, -0.2) is 0 Å². The van der Waals surface area contributed by atoms with Gasteiger partial charge in [0.15, 0.2) is 11.5 Å². The minimum Gasteiger partial charge on any atom is -0.504 e. The number of hydrogen-bond acceptors (Lipinski definition) is 4. The number of anilines is 2. The Bertz CT molecular complexity index is 803. The van der Waals surface area contributed by atoms with Crippen LogP contribution in [-0.2, 0) is 6.42 Å². The molecule has 2 atom stereocenters. The highest BCUT2D eigenvalue weighted by Gasteiger charge is 2.40. The molecule has 0 aliphatic carbocycles. The van der Waals surface area contributed by atoms with Gasteiger partial charge in [0, 0.05) is 17.8 Å². The first-order valence-electron chi connectivity index (χ1n) is 7.69. The molecule has 2 aliphatic rings. The molecule has 0 saturated heterocycles. The van der Waals surface area contributed by atoms with Crippen LogP contribution in [0.3, 0.4) is 0 Å². The Morgan fingerprint density at radius 1 is 1.30 bits per heavy atom. The Balaban J connectivity index is 1.89. The second kappa shape index (κ2) is 4.91. The number of nitrogens with zero attached hydrogens (tertiary/aromatic N) is 1. The van der Waals surface area contributed by atoms with E-state index in [0.717, 1.165) is 12.1 Å². The number of rotatable bonds is 1. The summed E-state index contributed by atoms with van der Waals surface area (Å²) >= 11 is 0. The highest BCUT2D eigenvalue weighted by Crippen LogP contribution is 2.41. The van der Waals surface area contributed by atoms with E-state index in [1.807, 2.05) is 23.1 Å². The van der Waals surface area contributed by atoms with Crippen molar-refractivity contribution in [2.24, 2.45) is 0 Å². The molecule has 2 aliphatic heterocycles. The summed E-state index contributed by atoms with van der Waals surface area (Å²) in [4.78, 5) is 15.0. The van der Waals surface area contributed by atoms with Crippen molar-refractivity contribution < 1.29 is 14.6 Å². The lowest BCUT2D eigenvalue weighted by molar-refractivity contribution is 0.0981. The molecule has 2 aromatic carbocycles. The number of phenols is 1. The summed E-state index contributed by atoms with van der Waals surface area (Å²) in [5.41, 5.74) is 3.32. The van der Waals surface area contributed by atoms with E-state index in [2.05, 4.69) is 18.3 Å². The molecule has 1 amide bonds. The molecular weight excluding hydrogens is 292 g/mol. The first-order valence-corrected chi connectivity index (χ1v) is 7.69. The van der Waals surface area contributed by atoms with Gasteiger partial charge in [-0.2, -0.15) is 0 Å². The number of nitrogens with one attached hydrogen (secondary N) is 1. The van der Waals surface area contributed by atoms with Crippen LogP contribution in [0.25, 0.3) is 0 Å². The molecule has 5 nitrogen and oxygen atoms in total. The number of carbonyl (C=O) groups excluding carboxylic acids is 1. The van der Waals surface area contributed by atoms with E-state index < -0.39 is 0 Å². The van der Waals surface area contributed by atoms with E-state index >= 15 is 0 Å². The summed E-state index contributed by atoms with van der Waals surface area (Å²) in [6.45, 7) is 2.06. The molecule has 1 unspecified atom stereocenters. The molecule has 2 N–H and O–H groups in total. The van der Waals surface area contributed by atoms with Gasteiger partial charge in [-0.05, 0) is 31.0 Å². The van der Waals surface area contributed by atoms with Crippen LogP contribution >= 0.6 is 0 Å². The van der Waals surface area contributed by atoms with Crippen LogP contribution in [0.15, 0.2) is 36.4 Å². The fourth-order valence-electron chi connectivity index (χ4n) is 3.57. The van der Waals surface area contributed by atoms with Gasteiger partial charge in [0.2, 0.25) is 0 Å². The number of amides is 1. The standard InChI is InChI=1S/C18H18N2O3/c1-10-15-7-11-5-3-4-6-14(11)20(15)18(22)12-8-17(23-2)16(21)9-13(12)19-10/h3-6,8-10,15,19,21H,7H2,1-2H3/t10?,15-/m0/s1. The van der Waals surface area contributed by atoms with Gasteiger partial charge in [0.05, 0.1) is 24.4 Å². The monoisotopic (exact) mass is 310 g/mol. The maximum absolute atomic E-state index is 13.2. The second-order valence-corrected chi connectivity index (χ2v) is 6.08. The zero-order chi connectivity index (χ0) is 16.1. The first-order chi connectivity index (χ1) is 11.1. The van der Waals surface area contributed by atoms with E-state index in [4.69, 9.17) is 4.74 Å². The normalized spacial score (nSPS) is 21.8. The fraction of sp³-hybridized carbons (Fsp3) is 0.278. The van der Waals surface area contributed by atoms with E-state index in [1.54, 1.807) is 12.1 Å². The van der Waals surface area contributed by atoms with Gasteiger partial charge < -0.3 is 20.1 Å². The molecule has 4 rings (SSSR count). The highest BCUT2D eigenvalue weighted by atomic mass is 16.5. The third-order valence-corrected chi connectivity index (χ3v) is 4.74. The van der Waals surface area contributed by atoms with Crippen LogP contribution in [0.4, 0.5) is 11.4 Å². The molecule has 2 aromatic rings. The quantitative estimate of drug-likeness (QED) is 0.850. The number of benzene rings is 2. The van der Waals surface area contributed by atoms with Crippen molar-refractivity contribution in [2.45, 2.75) is 25.4 Å². The number of ether oxygens (including phenoxy) is 1. The van der Waals surface area contributed by atoms with Crippen molar-refractivity contribution in [1.82, 2.24) is 0 Å². The molecule has 118 valence electrons. The largest absolute Gasteiger partial charge is 0.504 e. The SMILES string of the molecule is COc1cc2c(cc1O)NC(C)[C@@H]1Cc3ccccc3N1C2=O. The third-order valence-electron chi connectivity index (χ3n) is 4.74. The van der Waals surface area contributed by atoms with Crippen LogP contribution in [0, 0.1) is 0 Å². The van der Waals surface area contributed by atoms with E-state index in [9.17, 15) is 9.90 Å². The lowest BCUT2D eigenvalue weighted by Crippen LogP contribution is -2.44. The third kappa shape index (κ3) is 1.96. The number of aromatic hydroxyl groups is 1. The van der Waals surface area contributed by atoms with E-state index in [0.29, 0.717) is 17.0 Å². The molecule has 0 bridgehead atoms. The molecule has 0 radical (unpaired) electrons. The van der Waals surface area contributed by atoms with Crippen molar-refractivity contribution in [1.29, 1.82) is 0 Å². The van der Waals surface area contributed by atoms with Gasteiger partial charge in [0.1, 0.15) is 0 Å². The van der Waals surface area contributed by atoms with Crippen molar-refractivity contribution in [3.8, 4) is 11.5 Å². The maximum Gasteiger partial charge on any atom is 0.260 e. The van der Waals surface area contributed by atoms with Crippen LogP contribution in [0.5, 0.6) is 11.5 Å². The minimum absolute atomic E-state index is 0.0289. The zero-order valence-corrected chi connectivity index (χ0v) is 13.0. The van der Waals surface area contributed by atoms with Gasteiger partial charge >= 0.3 is 0 Å². The zero-order valence-electron chi connectivity index (χ0n) is 13.0. The number of fused-ring (bicyclic) bond motifs is 4. The minimum atomic E-state index is -0.0647. The number of hydrogen-bond donors (Lipinski definition) is 2. The summed E-state index contributed by atoms with van der Waals surface area (Å²) in [5, 5.41) is 13.4. The number of carbonyl (C=O) groups is 1. The summed E-state index contributed by atoms with van der Waals surface area (Å²) in [5.74, 6) is 0.267. The molecule has 2 heterocycles. The molecule has 0 spiro atoms. The predicted octanol–water partition coefficient (Wildman–Crippen LogP) is 2.79. The van der Waals surface area contributed by atoms with Gasteiger partial charge in [-0.15, -0.1) is 0 Å². The van der Waals surface area contributed by atoms with Crippen LogP contribution in [-0.4, -0.2) is 30.2 Å². The summed E-state index contributed by atoms with van der Waals surface area (Å²) < 4.78 is 5.16. The summed E-state index contributed by atoms with van der Waals surface area (Å²) in [6, 6.07) is 11.3. The average Bonchev–Trinajstić information content (AvgIpc) is 2.90. The van der Waals surface area contributed by atoms with Crippen LogP contribution in [0.2, 0.25) is 0 Å². The molecular formula is C18H18N2O3. The topological polar surface area (TPSA) is 61.8 Å². The van der Waals surface area contributed by atoms with Crippen LogP contribution in [0.1, 0.15) is 22.8 Å². The van der Waals surface area contributed by atoms with Crippen LogP contribution < -0.4 is 15.0 Å². The van der Waals surface area contributed by atoms with Gasteiger partial charge in [-0.1, -0.05) is 18.2 Å². The van der Waals surface area contributed by atoms with Crippen molar-refractivity contribution in [2.75, 3.05) is 17.3 Å². The average molecular weight is 310 g/mol. The Morgan fingerprint density at radius 2 is 2.09 bits per heavy atom. The van der Waals surface area contributed by atoms with Gasteiger partial charge in [-0.3, -0.25) is 4.79 Å². The lowest BCUT2D eigenvalue weighted by Gasteiger charge is -2.27. The van der Waals surface area contributed by atoms with E-state index in [-0.39, 0.29) is 23.7 Å². The smallest absolute Gasteiger partial charge is 0.260 e. The molecule has 23 heavy (non-hydrogen) atoms. The summed E-state index contributed by atoms with van der Waals surface area (Å²) in [6.07, 6.45) is 0.827. The Hall–Kier alpha value is -2.69. The molecule has 0 fully saturated rings. The first kappa shape index (κ1) is 13.9. The Kier molecular flexibility index (Phi) is 2.98. The van der Waals surface area contributed by atoms with Crippen molar-refractivity contribution >= 4 is 17.3 Å². The van der Waals surface area contributed by atoms with Crippen molar-refractivity contribution in [3.63, 3.8) is 0 Å². The lowest BCUT2D eigenvalue weighted by atomic mass is 10.0. The maximum atomic E-state index is 13.2. The molecule has 0 saturated carbocycles. The number of phenolic OH excluding ortho intramolecular Hbond substituents is 1. The van der Waals surface area contributed by atoms with E-state index in [1.165, 1.54) is 12.7 Å². The second-order valence-electron chi connectivity index (χ2n) is 6.08. The Labute approximate surface area is 134 Å². The highest BCUT2D eigenvalue weighted by molar-refractivity contribution is 6.12. The predicted molar refractivity (Wildman–Crippen MR) is 88.5 cm³/mol. The van der Waals surface area contributed by atoms with Crippen molar-refractivity contribution in [3.05, 3.63) is 47.5 Å². The Morgan fingerprint density at radius 3 is 2.87 bits per heavy atom. The summed E-state index contributed by atoms with van der Waals surface area (Å²) in [7, 11) is 1.48. The molecule has 0 aromatic heterocycles. The molecule has 5 heteroatoms. The number of para-hydroxylation sites is 1. The number of methoxy groups -OCH3 is 1. The van der Waals surface area contributed by atoms with Gasteiger partial charge in [0.25, 0.3) is 5.91 Å². The fourth-order valence-corrected chi connectivity index (χ4v) is 3.57.